The van der Waals surface area contributed by atoms with Crippen molar-refractivity contribution in [1.82, 2.24) is 14.7 Å². The van der Waals surface area contributed by atoms with E-state index < -0.39 is 10.7 Å². The Kier molecular flexibility index (Phi) is 4.17. The number of hydrogen-bond donors (Lipinski definition) is 1. The van der Waals surface area contributed by atoms with Gasteiger partial charge in [-0.2, -0.15) is 0 Å². The Bertz CT molecular complexity index is 979. The van der Waals surface area contributed by atoms with Crippen molar-refractivity contribution in [3.8, 4) is 5.69 Å². The van der Waals surface area contributed by atoms with Gasteiger partial charge in [-0.15, -0.1) is 0 Å². The lowest BCUT2D eigenvalue weighted by Crippen LogP contribution is -2.21. The summed E-state index contributed by atoms with van der Waals surface area (Å²) >= 11 is 3.38. The zero-order chi connectivity index (χ0) is 17.3. The molecule has 0 aliphatic carbocycles. The van der Waals surface area contributed by atoms with Gasteiger partial charge in [-0.3, -0.25) is 0 Å². The van der Waals surface area contributed by atoms with E-state index in [9.17, 15) is 15.3 Å². The molecule has 24 heavy (non-hydrogen) atoms. The molecule has 0 fully saturated rings. The van der Waals surface area contributed by atoms with Gasteiger partial charge < -0.3 is 15.3 Å². The molecular weight excluding hydrogens is 378 g/mol. The molecule has 8 nitrogen and oxygen atoms in total. The van der Waals surface area contributed by atoms with Gasteiger partial charge in [0.25, 0.3) is 5.49 Å². The van der Waals surface area contributed by atoms with E-state index in [0.29, 0.717) is 16.2 Å². The number of aromatic nitrogens is 3. The summed E-state index contributed by atoms with van der Waals surface area (Å²) in [6.07, 6.45) is 0. The van der Waals surface area contributed by atoms with Crippen LogP contribution in [0.5, 0.6) is 0 Å². The molecule has 0 atom stereocenters. The molecular formula is C15H12BrN5O3. The van der Waals surface area contributed by atoms with Crippen LogP contribution in [0.25, 0.3) is 5.69 Å². The monoisotopic (exact) mass is 389 g/mol. The van der Waals surface area contributed by atoms with Gasteiger partial charge in [-0.1, -0.05) is 45.0 Å². The lowest BCUT2D eigenvalue weighted by molar-refractivity contribution is -0.391. The normalized spacial score (nSPS) is 11.7. The van der Waals surface area contributed by atoms with Gasteiger partial charge in [0.2, 0.25) is 0 Å². The molecule has 0 amide bonds. The number of benzene rings is 2. The predicted octanol–water partition coefficient (Wildman–Crippen LogP) is 3.12. The van der Waals surface area contributed by atoms with E-state index in [-0.39, 0.29) is 5.49 Å². The Labute approximate surface area is 144 Å². The second kappa shape index (κ2) is 6.28. The van der Waals surface area contributed by atoms with Crippen molar-refractivity contribution in [3.05, 3.63) is 74.2 Å². The van der Waals surface area contributed by atoms with E-state index in [1.807, 2.05) is 13.0 Å². The highest BCUT2D eigenvalue weighted by molar-refractivity contribution is 9.10. The molecule has 1 heterocycles. The lowest BCUT2D eigenvalue weighted by atomic mass is 10.2. The molecule has 0 unspecified atom stereocenters. The highest BCUT2D eigenvalue weighted by atomic mass is 79.9. The first-order valence-corrected chi connectivity index (χ1v) is 7.69. The summed E-state index contributed by atoms with van der Waals surface area (Å²) < 4.78 is 0.811. The molecule has 0 saturated carbocycles. The van der Waals surface area contributed by atoms with Crippen molar-refractivity contribution in [1.29, 1.82) is 0 Å². The van der Waals surface area contributed by atoms with Gasteiger partial charge in [-0.25, -0.2) is 4.99 Å². The number of aryl methyl sites for hydroxylation is 1. The third kappa shape index (κ3) is 2.93. The highest BCUT2D eigenvalue weighted by Gasteiger charge is 2.24. The second-order valence-corrected chi connectivity index (χ2v) is 5.82. The topological polar surface area (TPSA) is 98.5 Å². The number of halogens is 1. The number of rotatable bonds is 3. The molecule has 1 aromatic heterocycles. The zero-order valence-electron chi connectivity index (χ0n) is 12.5. The average molecular weight is 390 g/mol. The Morgan fingerprint density at radius 1 is 1.25 bits per heavy atom. The second-order valence-electron chi connectivity index (χ2n) is 4.96. The summed E-state index contributed by atoms with van der Waals surface area (Å²) in [5.74, 6) is -0.543. The summed E-state index contributed by atoms with van der Waals surface area (Å²) in [7, 11) is 0. The maximum Gasteiger partial charge on any atom is 0.438 e. The smallest absolute Gasteiger partial charge is 0.409 e. The van der Waals surface area contributed by atoms with Crippen LogP contribution in [-0.2, 0) is 0 Å². The third-order valence-electron chi connectivity index (χ3n) is 3.31. The fourth-order valence-electron chi connectivity index (χ4n) is 2.07. The van der Waals surface area contributed by atoms with Crippen LogP contribution in [0.2, 0.25) is 0 Å². The quantitative estimate of drug-likeness (QED) is 0.422. The van der Waals surface area contributed by atoms with Gasteiger partial charge in [0, 0.05) is 4.47 Å². The van der Waals surface area contributed by atoms with Crippen molar-refractivity contribution in [2.24, 2.45) is 4.99 Å². The maximum atomic E-state index is 11.3. The fraction of sp³-hybridized carbons (Fsp3) is 0.0667. The molecule has 0 radical (unpaired) electrons. The Hall–Kier alpha value is -2.94. The van der Waals surface area contributed by atoms with Crippen LogP contribution in [0.4, 0.5) is 11.5 Å². The molecule has 0 spiro atoms. The standard InChI is InChI=1S/C15H12BrN5O3/c1-10-7-8-11(9-13(10)16)17-14-15(21(23)24)18-19(20(14)22)12-5-3-2-4-6-12/h2-9,22H,1H3. The number of para-hydroxylation sites is 1. The Balaban J connectivity index is 2.23. The first-order valence-electron chi connectivity index (χ1n) is 6.89. The van der Waals surface area contributed by atoms with E-state index in [1.54, 1.807) is 42.5 Å². The molecule has 0 aliphatic rings. The van der Waals surface area contributed by atoms with Crippen LogP contribution in [0, 0.1) is 17.0 Å². The average Bonchev–Trinajstić information content (AvgIpc) is 2.89. The van der Waals surface area contributed by atoms with Crippen LogP contribution in [-0.4, -0.2) is 24.9 Å². The molecule has 0 bridgehead atoms. The maximum absolute atomic E-state index is 11.3. The summed E-state index contributed by atoms with van der Waals surface area (Å²) in [6.45, 7) is 1.91. The minimum absolute atomic E-state index is 0.264. The van der Waals surface area contributed by atoms with Gasteiger partial charge >= 0.3 is 5.82 Å². The van der Waals surface area contributed by atoms with Crippen molar-refractivity contribution in [3.63, 3.8) is 0 Å². The van der Waals surface area contributed by atoms with E-state index in [1.165, 1.54) is 0 Å². The van der Waals surface area contributed by atoms with E-state index in [4.69, 9.17) is 0 Å². The van der Waals surface area contributed by atoms with E-state index >= 15 is 0 Å². The van der Waals surface area contributed by atoms with Crippen LogP contribution < -0.4 is 5.49 Å². The molecule has 1 N–H and O–H groups in total. The Morgan fingerprint density at radius 2 is 1.96 bits per heavy atom. The molecule has 0 aliphatic heterocycles. The fourth-order valence-corrected chi connectivity index (χ4v) is 2.44. The SMILES string of the molecule is Cc1ccc(N=c2c([N+](=O)[O-])nn(-c3ccccc3)n2O)cc1Br. The van der Waals surface area contributed by atoms with Crippen molar-refractivity contribution in [2.75, 3.05) is 0 Å². The molecule has 2 aromatic carbocycles. The summed E-state index contributed by atoms with van der Waals surface area (Å²) in [4.78, 5) is 16.3. The Morgan fingerprint density at radius 3 is 2.58 bits per heavy atom. The van der Waals surface area contributed by atoms with Crippen LogP contribution >= 0.6 is 15.9 Å². The molecule has 0 saturated heterocycles. The van der Waals surface area contributed by atoms with Crippen molar-refractivity contribution in [2.45, 2.75) is 6.92 Å². The van der Waals surface area contributed by atoms with E-state index in [0.717, 1.165) is 14.8 Å². The summed E-state index contributed by atoms with van der Waals surface area (Å²) in [5.41, 5.74) is 1.65. The number of hydrogen-bond acceptors (Lipinski definition) is 5. The number of nitro groups is 1. The predicted molar refractivity (Wildman–Crippen MR) is 89.5 cm³/mol. The van der Waals surface area contributed by atoms with Gasteiger partial charge in [0.1, 0.15) is 5.69 Å². The van der Waals surface area contributed by atoms with Gasteiger partial charge in [-0.05, 0) is 46.5 Å². The highest BCUT2D eigenvalue weighted by Crippen LogP contribution is 2.22. The first kappa shape index (κ1) is 15.9. The summed E-state index contributed by atoms with van der Waals surface area (Å²) in [5, 5.41) is 25.4. The van der Waals surface area contributed by atoms with Crippen molar-refractivity contribution >= 4 is 27.4 Å². The molecule has 122 valence electrons. The number of nitrogens with zero attached hydrogens (tertiary/aromatic N) is 5. The molecule has 3 rings (SSSR count). The largest absolute Gasteiger partial charge is 0.438 e. The van der Waals surface area contributed by atoms with Crippen LogP contribution in [0.1, 0.15) is 5.56 Å². The molecule has 3 aromatic rings. The van der Waals surface area contributed by atoms with Gasteiger partial charge in [0.05, 0.1) is 10.8 Å². The third-order valence-corrected chi connectivity index (χ3v) is 4.16. The van der Waals surface area contributed by atoms with Crippen LogP contribution in [0.15, 0.2) is 58.0 Å². The minimum Gasteiger partial charge on any atom is -0.409 e. The minimum atomic E-state index is -0.686. The zero-order valence-corrected chi connectivity index (χ0v) is 14.1. The summed E-state index contributed by atoms with van der Waals surface area (Å²) in [6, 6.07) is 13.8. The van der Waals surface area contributed by atoms with Crippen molar-refractivity contribution < 1.29 is 10.1 Å². The van der Waals surface area contributed by atoms with Gasteiger partial charge in [0.15, 0.2) is 0 Å². The molecule has 9 heteroatoms. The first-order chi connectivity index (χ1) is 11.5. The van der Waals surface area contributed by atoms with Crippen LogP contribution in [0.3, 0.4) is 0 Å². The van der Waals surface area contributed by atoms with E-state index in [2.05, 4.69) is 26.0 Å². The lowest BCUT2D eigenvalue weighted by Gasteiger charge is -2.00.